The van der Waals surface area contributed by atoms with Crippen LogP contribution in [0.25, 0.3) is 0 Å². The number of hydrogen-bond donors (Lipinski definition) is 2. The van der Waals surface area contributed by atoms with Gasteiger partial charge < -0.3 is 19.9 Å². The van der Waals surface area contributed by atoms with Crippen LogP contribution >= 0.6 is 11.8 Å². The van der Waals surface area contributed by atoms with Crippen molar-refractivity contribution < 1.29 is 27.9 Å². The molecule has 1 aromatic carbocycles. The van der Waals surface area contributed by atoms with Crippen LogP contribution in [0.2, 0.25) is 0 Å². The minimum Gasteiger partial charge on any atom is -0.503 e. The number of nitrogens with one attached hydrogen (secondary N) is 1. The molecule has 1 aliphatic carbocycles. The van der Waals surface area contributed by atoms with Gasteiger partial charge in [0.05, 0.1) is 11.9 Å². The van der Waals surface area contributed by atoms with E-state index in [0.717, 1.165) is 25.7 Å². The van der Waals surface area contributed by atoms with Crippen LogP contribution < -0.4 is 10.7 Å². The molecule has 2 N–H and O–H groups in total. The Morgan fingerprint density at radius 1 is 1.18 bits per heavy atom. The van der Waals surface area contributed by atoms with Crippen LogP contribution in [0.5, 0.6) is 5.75 Å². The molecule has 2 bridgehead atoms. The van der Waals surface area contributed by atoms with Gasteiger partial charge in [-0.2, -0.15) is 0 Å². The normalized spacial score (nSPS) is 23.7. The maximum Gasteiger partial charge on any atom is 0.275 e. The number of benzene rings is 1. The molecule has 2 fully saturated rings. The average molecular weight is 479 g/mol. The van der Waals surface area contributed by atoms with Crippen molar-refractivity contribution in [3.8, 4) is 5.75 Å². The van der Waals surface area contributed by atoms with E-state index in [-0.39, 0.29) is 17.1 Å². The van der Waals surface area contributed by atoms with Gasteiger partial charge in [-0.3, -0.25) is 14.4 Å². The Hall–Kier alpha value is -2.95. The Labute approximate surface area is 190 Å². The molecule has 2 amide bonds. The van der Waals surface area contributed by atoms with Crippen LogP contribution in [0.3, 0.4) is 0 Å². The Bertz CT molecular complexity index is 1210. The molecule has 1 aromatic heterocycles. The fraction of sp³-hybridized carbons (Fsp3) is 0.409. The van der Waals surface area contributed by atoms with E-state index in [1.165, 1.54) is 10.8 Å². The van der Waals surface area contributed by atoms with Crippen molar-refractivity contribution in [2.24, 2.45) is 0 Å². The molecule has 0 radical (unpaired) electrons. The second-order valence-electron chi connectivity index (χ2n) is 8.50. The van der Waals surface area contributed by atoms with Gasteiger partial charge in [0.1, 0.15) is 23.0 Å². The Kier molecular flexibility index (Phi) is 5.38. The van der Waals surface area contributed by atoms with Crippen LogP contribution in [0, 0.1) is 17.5 Å². The fourth-order valence-corrected chi connectivity index (χ4v) is 6.65. The number of rotatable bonds is 3. The average Bonchev–Trinajstić information content (AvgIpc) is 2.75. The van der Waals surface area contributed by atoms with Gasteiger partial charge in [0.2, 0.25) is 5.43 Å². The Balaban J connectivity index is 1.44. The van der Waals surface area contributed by atoms with Crippen molar-refractivity contribution in [2.45, 2.75) is 55.4 Å². The highest BCUT2D eigenvalue weighted by molar-refractivity contribution is 8.00. The highest BCUT2D eigenvalue weighted by atomic mass is 32.2. The molecule has 1 unspecified atom stereocenters. The van der Waals surface area contributed by atoms with Crippen molar-refractivity contribution in [1.29, 1.82) is 0 Å². The van der Waals surface area contributed by atoms with E-state index >= 15 is 0 Å². The van der Waals surface area contributed by atoms with Crippen molar-refractivity contribution in [2.75, 3.05) is 0 Å². The zero-order valence-electron chi connectivity index (χ0n) is 17.3. The summed E-state index contributed by atoms with van der Waals surface area (Å²) in [7, 11) is 0. The van der Waals surface area contributed by atoms with Gasteiger partial charge >= 0.3 is 0 Å². The summed E-state index contributed by atoms with van der Waals surface area (Å²) >= 11 is 1.68. The van der Waals surface area contributed by atoms with Gasteiger partial charge in [-0.05, 0) is 19.3 Å². The summed E-state index contributed by atoms with van der Waals surface area (Å²) < 4.78 is 42.2. The molecule has 3 heterocycles. The summed E-state index contributed by atoms with van der Waals surface area (Å²) in [4.78, 5) is 40.3. The summed E-state index contributed by atoms with van der Waals surface area (Å²) in [5.74, 6) is -5.70. The number of hydrogen-bond acceptors (Lipinski definition) is 5. The van der Waals surface area contributed by atoms with E-state index in [1.54, 1.807) is 16.7 Å². The zero-order valence-corrected chi connectivity index (χ0v) is 18.1. The molecule has 11 heteroatoms. The standard InChI is InChI=1S/C22H20F3N3O4S/c23-10-4-15(24)13(16(25)5-10)7-26-21(31)14-8-27-9-17-28(11-2-1-3-12(6-11)33-17)22(32)18(27)20(30)19(14)29/h4-5,8,11-12,17,30H,1-3,6-7,9H2,(H,26,31)/t11-,12+,17?/m0/s1. The minimum atomic E-state index is -1.18. The van der Waals surface area contributed by atoms with E-state index in [9.17, 15) is 32.7 Å². The zero-order chi connectivity index (χ0) is 23.4. The van der Waals surface area contributed by atoms with Crippen LogP contribution in [-0.4, -0.2) is 43.1 Å². The minimum absolute atomic E-state index is 0.0641. The summed E-state index contributed by atoms with van der Waals surface area (Å²) in [5.41, 5.74) is -2.23. The second kappa shape index (κ2) is 8.12. The molecular formula is C22H20F3N3O4S. The number of nitrogens with zero attached hydrogens (tertiary/aromatic N) is 2. The second-order valence-corrected chi connectivity index (χ2v) is 9.98. The lowest BCUT2D eigenvalue weighted by molar-refractivity contribution is 0.0496. The Morgan fingerprint density at radius 2 is 1.91 bits per heavy atom. The predicted molar refractivity (Wildman–Crippen MR) is 113 cm³/mol. The number of halogens is 3. The Morgan fingerprint density at radius 3 is 2.64 bits per heavy atom. The first kappa shape index (κ1) is 21.9. The first-order chi connectivity index (χ1) is 15.7. The molecule has 2 aliphatic heterocycles. The first-order valence-electron chi connectivity index (χ1n) is 10.6. The van der Waals surface area contributed by atoms with Gasteiger partial charge in [-0.15, -0.1) is 11.8 Å². The quantitative estimate of drug-likeness (QED) is 0.707. The molecule has 1 saturated heterocycles. The van der Waals surface area contributed by atoms with Crippen molar-refractivity contribution in [3.63, 3.8) is 0 Å². The number of fused-ring (bicyclic) bond motifs is 5. The number of carbonyl (C=O) groups excluding carboxylic acids is 2. The number of aromatic nitrogens is 1. The third kappa shape index (κ3) is 3.68. The van der Waals surface area contributed by atoms with E-state index in [1.807, 2.05) is 0 Å². The summed E-state index contributed by atoms with van der Waals surface area (Å²) in [6.07, 6.45) is 5.05. The molecule has 174 valence electrons. The van der Waals surface area contributed by atoms with Gasteiger partial charge in [0, 0.05) is 41.7 Å². The number of aromatic hydroxyl groups is 1. The topological polar surface area (TPSA) is 91.6 Å². The van der Waals surface area contributed by atoms with E-state index < -0.39 is 58.1 Å². The van der Waals surface area contributed by atoms with Crippen molar-refractivity contribution in [3.05, 3.63) is 62.8 Å². The molecule has 5 rings (SSSR count). The molecule has 7 nitrogen and oxygen atoms in total. The smallest absolute Gasteiger partial charge is 0.275 e. The lowest BCUT2D eigenvalue weighted by atomic mass is 9.92. The molecule has 33 heavy (non-hydrogen) atoms. The number of thioether (sulfide) groups is 1. The van der Waals surface area contributed by atoms with E-state index in [0.29, 0.717) is 23.9 Å². The van der Waals surface area contributed by atoms with Crippen molar-refractivity contribution in [1.82, 2.24) is 14.8 Å². The van der Waals surface area contributed by atoms with Crippen LogP contribution in [-0.2, 0) is 13.1 Å². The van der Waals surface area contributed by atoms with Gasteiger partial charge in [0.25, 0.3) is 11.8 Å². The molecule has 3 aliphatic rings. The molecule has 2 aromatic rings. The lowest BCUT2D eigenvalue weighted by Gasteiger charge is -2.50. The highest BCUT2D eigenvalue weighted by Crippen LogP contribution is 2.44. The number of carbonyl (C=O) groups is 2. The van der Waals surface area contributed by atoms with Crippen LogP contribution in [0.1, 0.15) is 52.1 Å². The van der Waals surface area contributed by atoms with Gasteiger partial charge in [-0.1, -0.05) is 6.42 Å². The lowest BCUT2D eigenvalue weighted by Crippen LogP contribution is -2.57. The van der Waals surface area contributed by atoms with Gasteiger partial charge in [0.15, 0.2) is 11.4 Å². The monoisotopic (exact) mass is 479 g/mol. The largest absolute Gasteiger partial charge is 0.503 e. The van der Waals surface area contributed by atoms with E-state index in [4.69, 9.17) is 0 Å². The third-order valence-corrected chi connectivity index (χ3v) is 7.98. The summed E-state index contributed by atoms with van der Waals surface area (Å²) in [6, 6.07) is 1.03. The van der Waals surface area contributed by atoms with E-state index in [2.05, 4.69) is 5.32 Å². The SMILES string of the molecule is O=C(NCc1c(F)cc(F)cc1F)c1cn2c(c(O)c1=O)C(=O)N1C(C2)S[C@@H]2CCC[C@H]1C2. The van der Waals surface area contributed by atoms with Crippen LogP contribution in [0.4, 0.5) is 13.2 Å². The molecular weight excluding hydrogens is 459 g/mol. The fourth-order valence-electron chi connectivity index (χ4n) is 4.92. The molecule has 3 atom stereocenters. The maximum atomic E-state index is 13.8. The maximum absolute atomic E-state index is 13.8. The van der Waals surface area contributed by atoms with Crippen molar-refractivity contribution >= 4 is 23.6 Å². The molecule has 0 spiro atoms. The van der Waals surface area contributed by atoms with Crippen LogP contribution in [0.15, 0.2) is 23.1 Å². The highest BCUT2D eigenvalue weighted by Gasteiger charge is 2.45. The number of amides is 2. The summed E-state index contributed by atoms with van der Waals surface area (Å²) in [5, 5.41) is 13.0. The third-order valence-electron chi connectivity index (χ3n) is 6.47. The molecule has 1 saturated carbocycles. The summed E-state index contributed by atoms with van der Waals surface area (Å²) in [6.45, 7) is -0.332. The predicted octanol–water partition coefficient (Wildman–Crippen LogP) is 2.74. The first-order valence-corrected chi connectivity index (χ1v) is 11.5. The van der Waals surface area contributed by atoms with Gasteiger partial charge in [-0.25, -0.2) is 13.2 Å². The number of pyridine rings is 1.